The molecule has 0 aliphatic carbocycles. The predicted molar refractivity (Wildman–Crippen MR) is 97.6 cm³/mol. The number of ether oxygens (including phenoxy) is 2. The van der Waals surface area contributed by atoms with Gasteiger partial charge in [-0.25, -0.2) is 14.4 Å². The van der Waals surface area contributed by atoms with Crippen molar-refractivity contribution >= 4 is 29.8 Å². The van der Waals surface area contributed by atoms with Gasteiger partial charge < -0.3 is 20.1 Å². The van der Waals surface area contributed by atoms with Crippen LogP contribution in [-0.4, -0.2) is 60.5 Å². The largest absolute Gasteiger partial charge is 0.463 e. The summed E-state index contributed by atoms with van der Waals surface area (Å²) in [6.07, 6.45) is 0. The topological polar surface area (TPSA) is 131 Å². The summed E-state index contributed by atoms with van der Waals surface area (Å²) in [5.74, 6) is -2.68. The number of carbonyl (C=O) groups is 5. The maximum atomic E-state index is 12.5. The predicted octanol–water partition coefficient (Wildman–Crippen LogP) is 0.344. The van der Waals surface area contributed by atoms with Crippen molar-refractivity contribution in [2.24, 2.45) is 0 Å². The SMILES string of the molecule is CCOC(=O)C1=C(COC(=O)C(C)N2C(=O)c3ccccc3C2=O)NC(=O)NC1. The Kier molecular flexibility index (Phi) is 5.62. The molecule has 1 aromatic rings. The molecule has 10 heteroatoms. The minimum Gasteiger partial charge on any atom is -0.463 e. The summed E-state index contributed by atoms with van der Waals surface area (Å²) in [6.45, 7) is 2.64. The highest BCUT2D eigenvalue weighted by atomic mass is 16.5. The van der Waals surface area contributed by atoms with E-state index in [1.807, 2.05) is 0 Å². The van der Waals surface area contributed by atoms with Gasteiger partial charge in [0.1, 0.15) is 12.6 Å². The third-order valence-electron chi connectivity index (χ3n) is 4.49. The first-order chi connectivity index (χ1) is 13.8. The Labute approximate surface area is 165 Å². The number of hydrogen-bond donors (Lipinski definition) is 2. The van der Waals surface area contributed by atoms with E-state index in [-0.39, 0.29) is 35.5 Å². The lowest BCUT2D eigenvalue weighted by atomic mass is 10.1. The van der Waals surface area contributed by atoms with E-state index in [0.717, 1.165) is 4.90 Å². The number of esters is 2. The number of amides is 4. The van der Waals surface area contributed by atoms with Crippen molar-refractivity contribution in [1.82, 2.24) is 15.5 Å². The van der Waals surface area contributed by atoms with Crippen molar-refractivity contribution in [2.75, 3.05) is 19.8 Å². The van der Waals surface area contributed by atoms with E-state index in [2.05, 4.69) is 10.6 Å². The Morgan fingerprint density at radius 3 is 2.31 bits per heavy atom. The first kappa shape index (κ1) is 20.1. The van der Waals surface area contributed by atoms with Crippen molar-refractivity contribution in [3.8, 4) is 0 Å². The number of nitrogens with one attached hydrogen (secondary N) is 2. The molecule has 0 saturated heterocycles. The van der Waals surface area contributed by atoms with Crippen LogP contribution in [0, 0.1) is 0 Å². The van der Waals surface area contributed by atoms with E-state index < -0.39 is 42.4 Å². The molecule has 0 fully saturated rings. The Morgan fingerprint density at radius 2 is 1.72 bits per heavy atom. The Morgan fingerprint density at radius 1 is 1.10 bits per heavy atom. The lowest BCUT2D eigenvalue weighted by molar-refractivity contribution is -0.147. The summed E-state index contributed by atoms with van der Waals surface area (Å²) in [7, 11) is 0. The monoisotopic (exact) mass is 401 g/mol. The fourth-order valence-corrected chi connectivity index (χ4v) is 3.00. The molecule has 1 atom stereocenters. The molecule has 0 saturated carbocycles. The number of imide groups is 1. The van der Waals surface area contributed by atoms with E-state index >= 15 is 0 Å². The van der Waals surface area contributed by atoms with Crippen LogP contribution >= 0.6 is 0 Å². The molecule has 1 aromatic carbocycles. The molecular weight excluding hydrogens is 382 g/mol. The fourth-order valence-electron chi connectivity index (χ4n) is 3.00. The highest BCUT2D eigenvalue weighted by Crippen LogP contribution is 2.24. The molecule has 152 valence electrons. The molecule has 2 aliphatic rings. The summed E-state index contributed by atoms with van der Waals surface area (Å²) in [5.41, 5.74) is 0.632. The van der Waals surface area contributed by atoms with Crippen LogP contribution in [0.4, 0.5) is 4.79 Å². The fraction of sp³-hybridized carbons (Fsp3) is 0.316. The van der Waals surface area contributed by atoms with Crippen LogP contribution in [-0.2, 0) is 19.1 Å². The van der Waals surface area contributed by atoms with Gasteiger partial charge in [0, 0.05) is 0 Å². The Balaban J connectivity index is 1.71. The molecule has 10 nitrogen and oxygen atoms in total. The number of rotatable bonds is 6. The van der Waals surface area contributed by atoms with Crippen LogP contribution < -0.4 is 10.6 Å². The zero-order valence-electron chi connectivity index (χ0n) is 15.8. The molecule has 1 unspecified atom stereocenters. The summed E-state index contributed by atoms with van der Waals surface area (Å²) in [5, 5.41) is 4.84. The maximum Gasteiger partial charge on any atom is 0.337 e. The summed E-state index contributed by atoms with van der Waals surface area (Å²) >= 11 is 0. The zero-order valence-corrected chi connectivity index (χ0v) is 15.8. The second-order valence-corrected chi connectivity index (χ2v) is 6.29. The smallest absolute Gasteiger partial charge is 0.337 e. The van der Waals surface area contributed by atoms with Crippen LogP contribution in [0.15, 0.2) is 35.5 Å². The molecule has 3 rings (SSSR count). The molecule has 0 radical (unpaired) electrons. The second kappa shape index (κ2) is 8.13. The van der Waals surface area contributed by atoms with Crippen molar-refractivity contribution in [3.63, 3.8) is 0 Å². The van der Waals surface area contributed by atoms with Crippen LogP contribution in [0.2, 0.25) is 0 Å². The average molecular weight is 401 g/mol. The van der Waals surface area contributed by atoms with Crippen molar-refractivity contribution in [3.05, 3.63) is 46.7 Å². The molecular formula is C19H19N3O7. The van der Waals surface area contributed by atoms with Gasteiger partial charge in [0.25, 0.3) is 11.8 Å². The van der Waals surface area contributed by atoms with E-state index in [1.54, 1.807) is 19.1 Å². The molecule has 0 aromatic heterocycles. The normalized spacial score (nSPS) is 16.8. The molecule has 0 spiro atoms. The summed E-state index contributed by atoms with van der Waals surface area (Å²) < 4.78 is 10.1. The van der Waals surface area contributed by atoms with E-state index in [1.165, 1.54) is 19.1 Å². The van der Waals surface area contributed by atoms with Crippen LogP contribution in [0.5, 0.6) is 0 Å². The Hall–Kier alpha value is -3.69. The number of benzene rings is 1. The minimum atomic E-state index is -1.19. The standard InChI is InChI=1S/C19H19N3O7/c1-3-28-18(26)13-8-20-19(27)21-14(13)9-29-17(25)10(2)22-15(23)11-6-4-5-7-12(11)16(22)24/h4-7,10H,3,8-9H2,1-2H3,(H2,20,21,27). The van der Waals surface area contributed by atoms with Gasteiger partial charge in [0.05, 0.1) is 35.5 Å². The van der Waals surface area contributed by atoms with Gasteiger partial charge in [0.2, 0.25) is 0 Å². The first-order valence-electron chi connectivity index (χ1n) is 8.92. The van der Waals surface area contributed by atoms with Gasteiger partial charge in [-0.2, -0.15) is 0 Å². The number of nitrogens with zero attached hydrogens (tertiary/aromatic N) is 1. The van der Waals surface area contributed by atoms with Crippen LogP contribution in [0.25, 0.3) is 0 Å². The lowest BCUT2D eigenvalue weighted by Gasteiger charge is -2.23. The van der Waals surface area contributed by atoms with Gasteiger partial charge >= 0.3 is 18.0 Å². The van der Waals surface area contributed by atoms with Gasteiger partial charge in [-0.3, -0.25) is 14.5 Å². The first-order valence-corrected chi connectivity index (χ1v) is 8.92. The lowest BCUT2D eigenvalue weighted by Crippen LogP contribution is -2.46. The van der Waals surface area contributed by atoms with E-state index in [0.29, 0.717) is 0 Å². The van der Waals surface area contributed by atoms with E-state index in [4.69, 9.17) is 9.47 Å². The third kappa shape index (κ3) is 3.82. The second-order valence-electron chi connectivity index (χ2n) is 6.29. The van der Waals surface area contributed by atoms with Gasteiger partial charge in [-0.15, -0.1) is 0 Å². The maximum absolute atomic E-state index is 12.5. The van der Waals surface area contributed by atoms with Gasteiger partial charge in [-0.1, -0.05) is 12.1 Å². The quantitative estimate of drug-likeness (QED) is 0.519. The van der Waals surface area contributed by atoms with Crippen LogP contribution in [0.1, 0.15) is 34.6 Å². The zero-order chi connectivity index (χ0) is 21.1. The van der Waals surface area contributed by atoms with Gasteiger partial charge in [-0.05, 0) is 26.0 Å². The highest BCUT2D eigenvalue weighted by molar-refractivity contribution is 6.22. The van der Waals surface area contributed by atoms with Crippen molar-refractivity contribution in [1.29, 1.82) is 0 Å². The van der Waals surface area contributed by atoms with Crippen molar-refractivity contribution < 1.29 is 33.4 Å². The highest BCUT2D eigenvalue weighted by Gasteiger charge is 2.41. The minimum absolute atomic E-state index is 0.0779. The third-order valence-corrected chi connectivity index (χ3v) is 4.49. The number of urea groups is 1. The molecule has 2 N–H and O–H groups in total. The molecule has 2 heterocycles. The van der Waals surface area contributed by atoms with E-state index in [9.17, 15) is 24.0 Å². The number of hydrogen-bond acceptors (Lipinski definition) is 7. The molecule has 29 heavy (non-hydrogen) atoms. The van der Waals surface area contributed by atoms with Crippen LogP contribution in [0.3, 0.4) is 0 Å². The van der Waals surface area contributed by atoms with Crippen molar-refractivity contribution in [2.45, 2.75) is 19.9 Å². The van der Waals surface area contributed by atoms with Gasteiger partial charge in [0.15, 0.2) is 0 Å². The summed E-state index contributed by atoms with van der Waals surface area (Å²) in [4.78, 5) is 61.8. The number of carbonyl (C=O) groups excluding carboxylic acids is 5. The Bertz CT molecular complexity index is 902. The molecule has 2 aliphatic heterocycles. The molecule has 4 amide bonds. The summed E-state index contributed by atoms with van der Waals surface area (Å²) in [6, 6.07) is 4.52. The average Bonchev–Trinajstić information content (AvgIpc) is 2.96. The molecule has 0 bridgehead atoms. The number of fused-ring (bicyclic) bond motifs is 1.